The van der Waals surface area contributed by atoms with Crippen LogP contribution in [0.4, 0.5) is 8.78 Å². The number of nitrogens with two attached hydrogens (primary N) is 1. The average molecular weight is 365 g/mol. The zero-order valence-corrected chi connectivity index (χ0v) is 14.3. The number of primary amides is 1. The van der Waals surface area contributed by atoms with Gasteiger partial charge in [-0.3, -0.25) is 9.59 Å². The van der Waals surface area contributed by atoms with E-state index in [1.165, 1.54) is 6.07 Å². The van der Waals surface area contributed by atoms with Crippen LogP contribution in [-0.2, 0) is 4.79 Å². The molecule has 1 aromatic heterocycles. The molecule has 1 aromatic rings. The zero-order valence-electron chi connectivity index (χ0n) is 14.3. The fourth-order valence-electron chi connectivity index (χ4n) is 3.30. The number of rotatable bonds is 6. The van der Waals surface area contributed by atoms with Crippen LogP contribution >= 0.6 is 0 Å². The van der Waals surface area contributed by atoms with Crippen LogP contribution in [0.15, 0.2) is 12.1 Å². The van der Waals surface area contributed by atoms with Crippen molar-refractivity contribution in [2.24, 2.45) is 11.7 Å². The van der Waals surface area contributed by atoms with Crippen molar-refractivity contribution in [2.75, 3.05) is 13.2 Å². The molecule has 6 nitrogen and oxygen atoms in total. The smallest absolute Gasteiger partial charge is 0.273 e. The maximum Gasteiger partial charge on any atom is 0.273 e. The second kappa shape index (κ2) is 6.17. The molecule has 140 valence electrons. The molecular weight excluding hydrogens is 344 g/mol. The number of aromatic nitrogens is 1. The summed E-state index contributed by atoms with van der Waals surface area (Å²) in [5, 5.41) is 0. The van der Waals surface area contributed by atoms with Gasteiger partial charge >= 0.3 is 0 Å². The number of carbonyl (C=O) groups excluding carboxylic acids is 2. The highest BCUT2D eigenvalue weighted by atomic mass is 19.3. The summed E-state index contributed by atoms with van der Waals surface area (Å²) < 4.78 is 33.2. The van der Waals surface area contributed by atoms with Crippen molar-refractivity contribution in [2.45, 2.75) is 50.0 Å². The average Bonchev–Trinajstić information content (AvgIpc) is 3.49. The number of nitrogens with zero attached hydrogens (tertiary/aromatic N) is 2. The Morgan fingerprint density at radius 1 is 1.27 bits per heavy atom. The van der Waals surface area contributed by atoms with Crippen molar-refractivity contribution < 1.29 is 23.1 Å². The lowest BCUT2D eigenvalue weighted by molar-refractivity contribution is -0.121. The van der Waals surface area contributed by atoms with E-state index in [2.05, 4.69) is 4.98 Å². The van der Waals surface area contributed by atoms with Crippen molar-refractivity contribution in [1.82, 2.24) is 9.88 Å². The maximum absolute atomic E-state index is 13.7. The Morgan fingerprint density at radius 2 is 2.00 bits per heavy atom. The van der Waals surface area contributed by atoms with Gasteiger partial charge in [-0.2, -0.15) is 0 Å². The van der Waals surface area contributed by atoms with Crippen molar-refractivity contribution in [1.29, 1.82) is 0 Å². The fourth-order valence-corrected chi connectivity index (χ4v) is 3.30. The van der Waals surface area contributed by atoms with Crippen molar-refractivity contribution in [3.8, 4) is 5.88 Å². The molecule has 0 aromatic carbocycles. The lowest BCUT2D eigenvalue weighted by Gasteiger charge is -2.21. The summed E-state index contributed by atoms with van der Waals surface area (Å²) in [6.45, 7) is -0.278. The van der Waals surface area contributed by atoms with Crippen LogP contribution < -0.4 is 10.5 Å². The maximum atomic E-state index is 13.7. The highest BCUT2D eigenvalue weighted by Gasteiger charge is 2.49. The van der Waals surface area contributed by atoms with Gasteiger partial charge in [-0.1, -0.05) is 6.07 Å². The topological polar surface area (TPSA) is 85.5 Å². The predicted molar refractivity (Wildman–Crippen MR) is 88.0 cm³/mol. The SMILES string of the molecule is NC(=O)[C@@H]1CC(F)(F)CN1C(=O)c1ccc(C2CC2)c(OCC2CC2)n1. The van der Waals surface area contributed by atoms with E-state index in [0.29, 0.717) is 24.3 Å². The van der Waals surface area contributed by atoms with Gasteiger partial charge in [0.2, 0.25) is 11.8 Å². The molecule has 2 heterocycles. The number of alkyl halides is 2. The molecule has 0 bridgehead atoms. The van der Waals surface area contributed by atoms with Crippen LogP contribution in [0.3, 0.4) is 0 Å². The van der Waals surface area contributed by atoms with Crippen molar-refractivity contribution >= 4 is 11.8 Å². The van der Waals surface area contributed by atoms with E-state index in [-0.39, 0.29) is 5.69 Å². The van der Waals surface area contributed by atoms with Crippen LogP contribution in [0.2, 0.25) is 0 Å². The quantitative estimate of drug-likeness (QED) is 0.836. The van der Waals surface area contributed by atoms with Crippen molar-refractivity contribution in [3.05, 3.63) is 23.4 Å². The monoisotopic (exact) mass is 365 g/mol. The van der Waals surface area contributed by atoms with E-state index in [1.54, 1.807) is 6.07 Å². The Hall–Kier alpha value is -2.25. The number of hydrogen-bond acceptors (Lipinski definition) is 4. The summed E-state index contributed by atoms with van der Waals surface area (Å²) in [5.74, 6) is -3.46. The molecule has 3 aliphatic rings. The van der Waals surface area contributed by atoms with Gasteiger partial charge in [0.15, 0.2) is 0 Å². The van der Waals surface area contributed by atoms with E-state index in [9.17, 15) is 18.4 Å². The van der Waals surface area contributed by atoms with Gasteiger partial charge in [-0.05, 0) is 43.6 Å². The lowest BCUT2D eigenvalue weighted by atomic mass is 10.1. The van der Waals surface area contributed by atoms with E-state index >= 15 is 0 Å². The minimum Gasteiger partial charge on any atom is -0.477 e. The Balaban J connectivity index is 1.58. The summed E-state index contributed by atoms with van der Waals surface area (Å²) in [5.41, 5.74) is 6.17. The molecule has 3 fully saturated rings. The molecule has 1 atom stereocenters. The number of hydrogen-bond donors (Lipinski definition) is 1. The number of ether oxygens (including phenoxy) is 1. The summed E-state index contributed by atoms with van der Waals surface area (Å²) in [6.07, 6.45) is 3.61. The molecule has 1 saturated heterocycles. The van der Waals surface area contributed by atoms with Gasteiger partial charge in [-0.15, -0.1) is 0 Å². The second-order valence-corrected chi connectivity index (χ2v) is 7.53. The van der Waals surface area contributed by atoms with Crippen LogP contribution in [0.25, 0.3) is 0 Å². The van der Waals surface area contributed by atoms with Gasteiger partial charge in [0.25, 0.3) is 11.8 Å². The first kappa shape index (κ1) is 17.2. The number of amides is 2. The van der Waals surface area contributed by atoms with Crippen LogP contribution in [0.1, 0.15) is 54.1 Å². The molecule has 0 unspecified atom stereocenters. The lowest BCUT2D eigenvalue weighted by Crippen LogP contribution is -2.44. The standard InChI is InChI=1S/C18H21F2N3O3/c19-18(20)7-14(15(21)24)23(9-18)17(25)13-6-5-12(11-3-4-11)16(22-13)26-8-10-1-2-10/h5-6,10-11,14H,1-4,7-9H2,(H2,21,24)/t14-/m0/s1. The highest BCUT2D eigenvalue weighted by molar-refractivity contribution is 5.96. The van der Waals surface area contributed by atoms with Crippen LogP contribution in [0.5, 0.6) is 5.88 Å². The summed E-state index contributed by atoms with van der Waals surface area (Å²) >= 11 is 0. The molecule has 2 aliphatic carbocycles. The minimum atomic E-state index is -3.13. The van der Waals surface area contributed by atoms with E-state index < -0.39 is 36.7 Å². The normalized spacial score (nSPS) is 24.5. The van der Waals surface area contributed by atoms with Gasteiger partial charge in [-0.25, -0.2) is 13.8 Å². The Kier molecular flexibility index (Phi) is 4.08. The third-order valence-corrected chi connectivity index (χ3v) is 5.14. The van der Waals surface area contributed by atoms with Crippen molar-refractivity contribution in [3.63, 3.8) is 0 Å². The number of likely N-dealkylation sites (tertiary alicyclic amines) is 1. The first-order valence-electron chi connectivity index (χ1n) is 8.96. The Morgan fingerprint density at radius 3 is 2.62 bits per heavy atom. The zero-order chi connectivity index (χ0) is 18.5. The van der Waals surface area contributed by atoms with E-state index in [4.69, 9.17) is 10.5 Å². The molecule has 26 heavy (non-hydrogen) atoms. The minimum absolute atomic E-state index is 0.00384. The van der Waals surface area contributed by atoms with Gasteiger partial charge in [0.05, 0.1) is 13.2 Å². The predicted octanol–water partition coefficient (Wildman–Crippen LogP) is 2.08. The molecule has 2 saturated carbocycles. The van der Waals surface area contributed by atoms with E-state index in [1.807, 2.05) is 0 Å². The molecule has 0 radical (unpaired) electrons. The van der Waals surface area contributed by atoms with Gasteiger partial charge < -0.3 is 15.4 Å². The summed E-state index contributed by atoms with van der Waals surface area (Å²) in [4.78, 5) is 29.3. The Bertz CT molecular complexity index is 747. The summed E-state index contributed by atoms with van der Waals surface area (Å²) in [7, 11) is 0. The third-order valence-electron chi connectivity index (χ3n) is 5.14. The largest absolute Gasteiger partial charge is 0.477 e. The van der Waals surface area contributed by atoms with Gasteiger partial charge in [0.1, 0.15) is 11.7 Å². The fraction of sp³-hybridized carbons (Fsp3) is 0.611. The van der Waals surface area contributed by atoms with Crippen LogP contribution in [0, 0.1) is 5.92 Å². The second-order valence-electron chi connectivity index (χ2n) is 7.53. The molecule has 2 amide bonds. The molecule has 2 N–H and O–H groups in total. The molecule has 4 rings (SSSR count). The molecule has 1 aliphatic heterocycles. The summed E-state index contributed by atoms with van der Waals surface area (Å²) in [6, 6.07) is 1.99. The highest BCUT2D eigenvalue weighted by Crippen LogP contribution is 2.44. The molecule has 8 heteroatoms. The molecule has 0 spiro atoms. The number of carbonyl (C=O) groups is 2. The van der Waals surface area contributed by atoms with E-state index in [0.717, 1.165) is 36.1 Å². The number of pyridine rings is 1. The first-order valence-corrected chi connectivity index (χ1v) is 8.96. The van der Waals surface area contributed by atoms with Crippen LogP contribution in [-0.4, -0.2) is 46.8 Å². The first-order chi connectivity index (χ1) is 12.3. The Labute approximate surface area is 149 Å². The molecular formula is C18H21F2N3O3. The number of halogens is 2. The van der Waals surface area contributed by atoms with Gasteiger partial charge in [0, 0.05) is 12.0 Å². The third kappa shape index (κ3) is 3.50.